The number of oxime groups is 1. The Morgan fingerprint density at radius 1 is 1.62 bits per heavy atom. The molecular formula is C6H13NO. The lowest BCUT2D eigenvalue weighted by Gasteiger charge is -1.93. The monoisotopic (exact) mass is 115 g/mol. The van der Waals surface area contributed by atoms with Crippen molar-refractivity contribution in [1.82, 2.24) is 0 Å². The van der Waals surface area contributed by atoms with E-state index in [2.05, 4.69) is 5.16 Å². The normalized spacial score (nSPS) is 23.6. The first-order valence-electron chi connectivity index (χ1n) is 3.07. The second-order valence-electron chi connectivity index (χ2n) is 1.44. The topological polar surface area (TPSA) is 21.6 Å². The summed E-state index contributed by atoms with van der Waals surface area (Å²) in [6.45, 7) is 5.99. The zero-order valence-corrected chi connectivity index (χ0v) is 5.72. The van der Waals surface area contributed by atoms with Gasteiger partial charge in [-0.05, 0) is 6.92 Å². The maximum atomic E-state index is 4.72. The second-order valence-corrected chi connectivity index (χ2v) is 1.44. The first-order chi connectivity index (χ1) is 3.89. The molecule has 2 heteroatoms. The van der Waals surface area contributed by atoms with Crippen molar-refractivity contribution in [2.75, 3.05) is 0 Å². The van der Waals surface area contributed by atoms with Crippen molar-refractivity contribution >= 4 is 6.21 Å². The molecule has 0 aromatic rings. The van der Waals surface area contributed by atoms with Crippen molar-refractivity contribution < 1.29 is 4.84 Å². The lowest BCUT2D eigenvalue weighted by atomic mass is 10.3. The van der Waals surface area contributed by atoms with Gasteiger partial charge in [-0.25, -0.2) is 0 Å². The summed E-state index contributed by atoms with van der Waals surface area (Å²) in [5.41, 5.74) is 0. The fourth-order valence-electron chi connectivity index (χ4n) is 0.381. The average molecular weight is 115 g/mol. The van der Waals surface area contributed by atoms with E-state index in [9.17, 15) is 0 Å². The van der Waals surface area contributed by atoms with Gasteiger partial charge in [0.05, 0.1) is 0 Å². The van der Waals surface area contributed by atoms with E-state index >= 15 is 0 Å². The van der Waals surface area contributed by atoms with Crippen LogP contribution in [0.2, 0.25) is 0 Å². The third-order valence-electron chi connectivity index (χ3n) is 0.753. The Kier molecular flexibility index (Phi) is 4.32. The predicted octanol–water partition coefficient (Wildman–Crippen LogP) is 1.81. The van der Waals surface area contributed by atoms with E-state index < -0.39 is 0 Å². The number of hydrogen-bond donors (Lipinski definition) is 0. The zero-order chi connectivity index (χ0) is 6.41. The molecular weight excluding hydrogens is 102 g/mol. The molecule has 1 aliphatic heterocycles. The molecule has 0 saturated heterocycles. The van der Waals surface area contributed by atoms with Gasteiger partial charge in [0, 0.05) is 12.6 Å². The van der Waals surface area contributed by atoms with Gasteiger partial charge in [0.1, 0.15) is 6.10 Å². The van der Waals surface area contributed by atoms with Crippen LogP contribution in [0, 0.1) is 0 Å². The van der Waals surface area contributed by atoms with Gasteiger partial charge in [0.25, 0.3) is 0 Å². The molecule has 0 radical (unpaired) electrons. The van der Waals surface area contributed by atoms with Gasteiger partial charge in [-0.3, -0.25) is 0 Å². The molecule has 1 unspecified atom stereocenters. The minimum absolute atomic E-state index is 0.324. The van der Waals surface area contributed by atoms with Crippen molar-refractivity contribution in [2.24, 2.45) is 5.16 Å². The smallest absolute Gasteiger partial charge is 0.129 e. The largest absolute Gasteiger partial charge is 0.393 e. The highest BCUT2D eigenvalue weighted by Crippen LogP contribution is 2.00. The van der Waals surface area contributed by atoms with Gasteiger partial charge >= 0.3 is 0 Å². The Labute approximate surface area is 50.5 Å². The quantitative estimate of drug-likeness (QED) is 0.471. The Hall–Kier alpha value is -0.530. The molecule has 1 atom stereocenters. The summed E-state index contributed by atoms with van der Waals surface area (Å²) >= 11 is 0. The van der Waals surface area contributed by atoms with Crippen LogP contribution in [0.25, 0.3) is 0 Å². The maximum Gasteiger partial charge on any atom is 0.129 e. The average Bonchev–Trinajstić information content (AvgIpc) is 2.24. The summed E-state index contributed by atoms with van der Waals surface area (Å²) in [7, 11) is 0. The fourth-order valence-corrected chi connectivity index (χ4v) is 0.381. The van der Waals surface area contributed by atoms with Crippen LogP contribution in [0.15, 0.2) is 5.16 Å². The molecule has 0 aliphatic carbocycles. The number of nitrogens with zero attached hydrogens (tertiary/aromatic N) is 1. The van der Waals surface area contributed by atoms with Crippen molar-refractivity contribution in [3.63, 3.8) is 0 Å². The SMILES string of the molecule is CC.CC1CC=NO1. The van der Waals surface area contributed by atoms with Gasteiger partial charge < -0.3 is 4.84 Å². The second kappa shape index (κ2) is 4.62. The Morgan fingerprint density at radius 3 is 2.38 bits per heavy atom. The first-order valence-corrected chi connectivity index (χ1v) is 3.07. The van der Waals surface area contributed by atoms with Crippen molar-refractivity contribution in [2.45, 2.75) is 33.3 Å². The minimum atomic E-state index is 0.324. The molecule has 0 N–H and O–H groups in total. The molecule has 0 aromatic carbocycles. The van der Waals surface area contributed by atoms with E-state index in [0.29, 0.717) is 6.10 Å². The number of hydrogen-bond acceptors (Lipinski definition) is 2. The highest BCUT2D eigenvalue weighted by atomic mass is 16.6. The lowest BCUT2D eigenvalue weighted by Crippen LogP contribution is -1.94. The summed E-state index contributed by atoms with van der Waals surface area (Å²) in [6.07, 6.45) is 3.08. The van der Waals surface area contributed by atoms with Gasteiger partial charge in [0.2, 0.25) is 0 Å². The zero-order valence-electron chi connectivity index (χ0n) is 5.72. The van der Waals surface area contributed by atoms with Crippen LogP contribution in [0.5, 0.6) is 0 Å². The molecule has 0 fully saturated rings. The van der Waals surface area contributed by atoms with Crippen molar-refractivity contribution in [1.29, 1.82) is 0 Å². The van der Waals surface area contributed by atoms with E-state index in [4.69, 9.17) is 4.84 Å². The Bertz CT molecular complexity index is 62.9. The molecule has 1 heterocycles. The maximum absolute atomic E-state index is 4.72. The highest BCUT2D eigenvalue weighted by Gasteiger charge is 2.02. The first kappa shape index (κ1) is 7.47. The van der Waals surface area contributed by atoms with Crippen molar-refractivity contribution in [3.05, 3.63) is 0 Å². The van der Waals surface area contributed by atoms with Gasteiger partial charge in [-0.2, -0.15) is 0 Å². The van der Waals surface area contributed by atoms with Gasteiger partial charge in [0.15, 0.2) is 0 Å². The molecule has 48 valence electrons. The van der Waals surface area contributed by atoms with Crippen LogP contribution >= 0.6 is 0 Å². The van der Waals surface area contributed by atoms with E-state index in [-0.39, 0.29) is 0 Å². The summed E-state index contributed by atoms with van der Waals surface area (Å²) in [6, 6.07) is 0. The Balaban J connectivity index is 0.000000222. The summed E-state index contributed by atoms with van der Waals surface area (Å²) in [5, 5.41) is 3.54. The van der Waals surface area contributed by atoms with Crippen LogP contribution in [0.3, 0.4) is 0 Å². The molecule has 1 rings (SSSR count). The van der Waals surface area contributed by atoms with Gasteiger partial charge in [-0.15, -0.1) is 0 Å². The number of rotatable bonds is 0. The molecule has 0 bridgehead atoms. The molecule has 0 spiro atoms. The third kappa shape index (κ3) is 2.61. The van der Waals surface area contributed by atoms with Crippen LogP contribution in [0.1, 0.15) is 27.2 Å². The van der Waals surface area contributed by atoms with Crippen LogP contribution in [0.4, 0.5) is 0 Å². The third-order valence-corrected chi connectivity index (χ3v) is 0.753. The predicted molar refractivity (Wildman–Crippen MR) is 35.0 cm³/mol. The summed E-state index contributed by atoms with van der Waals surface area (Å²) in [4.78, 5) is 4.72. The summed E-state index contributed by atoms with van der Waals surface area (Å²) < 4.78 is 0. The Morgan fingerprint density at radius 2 is 2.25 bits per heavy atom. The molecule has 2 nitrogen and oxygen atoms in total. The van der Waals surface area contributed by atoms with Crippen LogP contribution in [-0.2, 0) is 4.84 Å². The molecule has 1 aliphatic rings. The fraction of sp³-hybridized carbons (Fsp3) is 0.833. The van der Waals surface area contributed by atoms with E-state index in [1.165, 1.54) is 0 Å². The van der Waals surface area contributed by atoms with Gasteiger partial charge in [-0.1, -0.05) is 19.0 Å². The van der Waals surface area contributed by atoms with E-state index in [1.54, 1.807) is 6.21 Å². The minimum Gasteiger partial charge on any atom is -0.393 e. The van der Waals surface area contributed by atoms with Crippen LogP contribution < -0.4 is 0 Å². The highest BCUT2D eigenvalue weighted by molar-refractivity contribution is 5.58. The molecule has 0 amide bonds. The van der Waals surface area contributed by atoms with E-state index in [1.807, 2.05) is 20.8 Å². The molecule has 0 saturated carbocycles. The standard InChI is InChI=1S/C4H7NO.C2H6/c1-4-2-3-5-6-4;1-2/h3-4H,2H2,1H3;1-2H3. The molecule has 0 aromatic heterocycles. The summed E-state index contributed by atoms with van der Waals surface area (Å²) in [5.74, 6) is 0. The molecule has 8 heavy (non-hydrogen) atoms. The lowest BCUT2D eigenvalue weighted by molar-refractivity contribution is 0.0996. The van der Waals surface area contributed by atoms with Crippen LogP contribution in [-0.4, -0.2) is 12.3 Å². The van der Waals surface area contributed by atoms with E-state index in [0.717, 1.165) is 6.42 Å². The van der Waals surface area contributed by atoms with Crippen molar-refractivity contribution in [3.8, 4) is 0 Å².